The summed E-state index contributed by atoms with van der Waals surface area (Å²) >= 11 is 1.71. The molecule has 2 nitrogen and oxygen atoms in total. The van der Waals surface area contributed by atoms with Gasteiger partial charge < -0.3 is 0 Å². The van der Waals surface area contributed by atoms with Crippen LogP contribution in [0.1, 0.15) is 36.5 Å². The van der Waals surface area contributed by atoms with Gasteiger partial charge in [0.2, 0.25) is 0 Å². The molecule has 1 aliphatic heterocycles. The number of rotatable bonds is 5. The molecule has 1 fully saturated rings. The smallest absolute Gasteiger partial charge is 0.176 e. The van der Waals surface area contributed by atoms with E-state index in [9.17, 15) is 4.79 Å². The van der Waals surface area contributed by atoms with Crippen molar-refractivity contribution in [2.24, 2.45) is 5.92 Å². The lowest BCUT2D eigenvalue weighted by atomic mass is 9.94. The molecule has 0 amide bonds. The fourth-order valence-electron chi connectivity index (χ4n) is 2.62. The topological polar surface area (TPSA) is 20.3 Å². The van der Waals surface area contributed by atoms with Gasteiger partial charge in [-0.2, -0.15) is 0 Å². The van der Waals surface area contributed by atoms with E-state index in [1.165, 1.54) is 24.2 Å². The number of hydrogen-bond acceptors (Lipinski definition) is 3. The molecule has 0 bridgehead atoms. The zero-order chi connectivity index (χ0) is 13.7. The number of nitrogens with zero attached hydrogens (tertiary/aromatic N) is 1. The molecule has 1 aliphatic rings. The SMILES string of the molecule is CCC1CCN(CC(=O)c2ccc(SC)cc2)CC1. The van der Waals surface area contributed by atoms with Crippen LogP contribution in [-0.4, -0.2) is 36.6 Å². The van der Waals surface area contributed by atoms with Crippen LogP contribution in [0.3, 0.4) is 0 Å². The van der Waals surface area contributed by atoms with Gasteiger partial charge >= 0.3 is 0 Å². The molecule has 0 unspecified atom stereocenters. The van der Waals surface area contributed by atoms with Gasteiger partial charge in [-0.1, -0.05) is 25.5 Å². The zero-order valence-corrected chi connectivity index (χ0v) is 12.7. The van der Waals surface area contributed by atoms with Crippen molar-refractivity contribution >= 4 is 17.5 Å². The molecule has 0 aromatic heterocycles. The van der Waals surface area contributed by atoms with E-state index in [4.69, 9.17) is 0 Å². The van der Waals surface area contributed by atoms with Crippen molar-refractivity contribution in [1.82, 2.24) is 4.90 Å². The highest BCUT2D eigenvalue weighted by Crippen LogP contribution is 2.20. The largest absolute Gasteiger partial charge is 0.296 e. The molecular formula is C16H23NOS. The van der Waals surface area contributed by atoms with Crippen LogP contribution in [0.4, 0.5) is 0 Å². The predicted molar refractivity (Wildman–Crippen MR) is 82.0 cm³/mol. The van der Waals surface area contributed by atoms with E-state index in [0.717, 1.165) is 24.6 Å². The Morgan fingerprint density at radius 1 is 1.26 bits per heavy atom. The molecule has 1 saturated heterocycles. The molecule has 1 aromatic rings. The van der Waals surface area contributed by atoms with Crippen molar-refractivity contribution < 1.29 is 4.79 Å². The highest BCUT2D eigenvalue weighted by molar-refractivity contribution is 7.98. The molecule has 104 valence electrons. The molecule has 0 N–H and O–H groups in total. The lowest BCUT2D eigenvalue weighted by Gasteiger charge is -2.30. The standard InChI is InChI=1S/C16H23NOS/c1-3-13-8-10-17(11-9-13)12-16(18)14-4-6-15(19-2)7-5-14/h4-7,13H,3,8-12H2,1-2H3. The fraction of sp³-hybridized carbons (Fsp3) is 0.562. The molecule has 0 aliphatic carbocycles. The lowest BCUT2D eigenvalue weighted by Crippen LogP contribution is -2.37. The molecular weight excluding hydrogens is 254 g/mol. The first kappa shape index (κ1) is 14.6. The van der Waals surface area contributed by atoms with E-state index >= 15 is 0 Å². The third-order valence-electron chi connectivity index (χ3n) is 4.06. The molecule has 19 heavy (non-hydrogen) atoms. The second-order valence-electron chi connectivity index (χ2n) is 5.28. The highest BCUT2D eigenvalue weighted by atomic mass is 32.2. The van der Waals surface area contributed by atoms with Crippen LogP contribution in [-0.2, 0) is 0 Å². The Hall–Kier alpha value is -0.800. The summed E-state index contributed by atoms with van der Waals surface area (Å²) in [6, 6.07) is 7.96. The predicted octanol–water partition coefficient (Wildman–Crippen LogP) is 3.71. The number of likely N-dealkylation sites (tertiary alicyclic amines) is 1. The van der Waals surface area contributed by atoms with Gasteiger partial charge in [0.15, 0.2) is 5.78 Å². The van der Waals surface area contributed by atoms with Crippen molar-refractivity contribution in [1.29, 1.82) is 0 Å². The maximum absolute atomic E-state index is 12.2. The molecule has 0 radical (unpaired) electrons. The van der Waals surface area contributed by atoms with Gasteiger partial charge in [-0.15, -0.1) is 11.8 Å². The highest BCUT2D eigenvalue weighted by Gasteiger charge is 2.19. The van der Waals surface area contributed by atoms with Gasteiger partial charge in [-0.25, -0.2) is 0 Å². The maximum Gasteiger partial charge on any atom is 0.176 e. The van der Waals surface area contributed by atoms with Crippen molar-refractivity contribution in [2.45, 2.75) is 31.1 Å². The molecule has 0 saturated carbocycles. The molecule has 1 heterocycles. The minimum Gasteiger partial charge on any atom is -0.296 e. The number of Topliss-reactive ketones (excluding diaryl/α,β-unsaturated/α-hetero) is 1. The van der Waals surface area contributed by atoms with E-state index in [-0.39, 0.29) is 5.78 Å². The van der Waals surface area contributed by atoms with Gasteiger partial charge in [-0.05, 0) is 50.2 Å². The summed E-state index contributed by atoms with van der Waals surface area (Å²) in [5.74, 6) is 1.12. The Labute approximate surface area is 120 Å². The first-order valence-corrected chi connectivity index (χ1v) is 8.35. The molecule has 3 heteroatoms. The Bertz CT molecular complexity index is 407. The fourth-order valence-corrected chi connectivity index (χ4v) is 3.03. The van der Waals surface area contributed by atoms with Crippen molar-refractivity contribution in [3.05, 3.63) is 29.8 Å². The average molecular weight is 277 g/mol. The summed E-state index contributed by atoms with van der Waals surface area (Å²) in [5, 5.41) is 0. The van der Waals surface area contributed by atoms with E-state index < -0.39 is 0 Å². The van der Waals surface area contributed by atoms with Crippen molar-refractivity contribution in [3.8, 4) is 0 Å². The van der Waals surface area contributed by atoms with Crippen LogP contribution in [0.25, 0.3) is 0 Å². The Morgan fingerprint density at radius 3 is 2.42 bits per heavy atom. The number of piperidine rings is 1. The minimum absolute atomic E-state index is 0.252. The first-order valence-electron chi connectivity index (χ1n) is 7.12. The zero-order valence-electron chi connectivity index (χ0n) is 11.9. The normalized spacial score (nSPS) is 17.6. The van der Waals surface area contributed by atoms with Crippen molar-refractivity contribution in [2.75, 3.05) is 25.9 Å². The second-order valence-corrected chi connectivity index (χ2v) is 6.16. The van der Waals surface area contributed by atoms with Crippen molar-refractivity contribution in [3.63, 3.8) is 0 Å². The average Bonchev–Trinajstić information content (AvgIpc) is 2.48. The molecule has 0 spiro atoms. The monoisotopic (exact) mass is 277 g/mol. The number of thioether (sulfide) groups is 1. The van der Waals surface area contributed by atoms with Crippen LogP contribution in [0.2, 0.25) is 0 Å². The number of ketones is 1. The van der Waals surface area contributed by atoms with Crippen LogP contribution in [0.5, 0.6) is 0 Å². The van der Waals surface area contributed by atoms with Gasteiger partial charge in [-0.3, -0.25) is 9.69 Å². The van der Waals surface area contributed by atoms with Crippen LogP contribution < -0.4 is 0 Å². The molecule has 2 rings (SSSR count). The lowest BCUT2D eigenvalue weighted by molar-refractivity contribution is 0.0894. The first-order chi connectivity index (χ1) is 9.22. The Morgan fingerprint density at radius 2 is 1.89 bits per heavy atom. The third kappa shape index (κ3) is 4.08. The summed E-state index contributed by atoms with van der Waals surface area (Å²) < 4.78 is 0. The minimum atomic E-state index is 0.252. The number of benzene rings is 1. The van der Waals surface area contributed by atoms with Crippen LogP contribution in [0.15, 0.2) is 29.2 Å². The maximum atomic E-state index is 12.2. The second kappa shape index (κ2) is 7.11. The summed E-state index contributed by atoms with van der Waals surface area (Å²) in [5.41, 5.74) is 0.843. The number of carbonyl (C=O) groups is 1. The quantitative estimate of drug-likeness (QED) is 0.604. The van der Waals surface area contributed by atoms with E-state index in [1.54, 1.807) is 11.8 Å². The Kier molecular flexibility index (Phi) is 5.46. The van der Waals surface area contributed by atoms with Gasteiger partial charge in [0.1, 0.15) is 0 Å². The van der Waals surface area contributed by atoms with Gasteiger partial charge in [0.25, 0.3) is 0 Å². The van der Waals surface area contributed by atoms with E-state index in [0.29, 0.717) is 6.54 Å². The van der Waals surface area contributed by atoms with Crippen LogP contribution >= 0.6 is 11.8 Å². The van der Waals surface area contributed by atoms with Gasteiger partial charge in [0, 0.05) is 10.5 Å². The van der Waals surface area contributed by atoms with E-state index in [1.807, 2.05) is 24.3 Å². The van der Waals surface area contributed by atoms with Gasteiger partial charge in [0.05, 0.1) is 6.54 Å². The summed E-state index contributed by atoms with van der Waals surface area (Å²) in [6.45, 7) is 4.99. The third-order valence-corrected chi connectivity index (χ3v) is 4.81. The molecule has 1 aromatic carbocycles. The number of carbonyl (C=O) groups excluding carboxylic acids is 1. The molecule has 0 atom stereocenters. The van der Waals surface area contributed by atoms with E-state index in [2.05, 4.69) is 18.1 Å². The van der Waals surface area contributed by atoms with Crippen LogP contribution in [0, 0.1) is 5.92 Å². The summed E-state index contributed by atoms with van der Waals surface area (Å²) in [4.78, 5) is 15.7. The summed E-state index contributed by atoms with van der Waals surface area (Å²) in [6.07, 6.45) is 5.82. The Balaban J connectivity index is 1.87. The number of hydrogen-bond donors (Lipinski definition) is 0. The summed E-state index contributed by atoms with van der Waals surface area (Å²) in [7, 11) is 0.